The molecule has 2 aromatic rings. The highest BCUT2D eigenvalue weighted by Gasteiger charge is 2.14. The predicted molar refractivity (Wildman–Crippen MR) is 96.2 cm³/mol. The highest BCUT2D eigenvalue weighted by atomic mass is 16.6. The Morgan fingerprint density at radius 1 is 1.12 bits per heavy atom. The van der Waals surface area contributed by atoms with Crippen molar-refractivity contribution >= 4 is 5.69 Å². The number of nitrogens with one attached hydrogen (secondary N) is 1. The molecule has 1 N–H and O–H groups in total. The lowest BCUT2D eigenvalue weighted by Gasteiger charge is -2.20. The summed E-state index contributed by atoms with van der Waals surface area (Å²) in [6.07, 6.45) is 4.96. The number of benzene rings is 2. The quantitative estimate of drug-likeness (QED) is 0.644. The second-order valence-corrected chi connectivity index (χ2v) is 6.72. The van der Waals surface area contributed by atoms with Crippen LogP contribution in [0.3, 0.4) is 0 Å². The summed E-state index contributed by atoms with van der Waals surface area (Å²) in [4.78, 5) is 10.7. The third-order valence-electron chi connectivity index (χ3n) is 4.96. The summed E-state index contributed by atoms with van der Waals surface area (Å²) in [5.74, 6) is 0. The third-order valence-corrected chi connectivity index (χ3v) is 4.96. The molecular formula is C20H24N2O2. The van der Waals surface area contributed by atoms with Crippen LogP contribution >= 0.6 is 0 Å². The summed E-state index contributed by atoms with van der Waals surface area (Å²) >= 11 is 0. The summed E-state index contributed by atoms with van der Waals surface area (Å²) in [5, 5.41) is 14.5. The Hall–Kier alpha value is -2.20. The second kappa shape index (κ2) is 7.14. The lowest BCUT2D eigenvalue weighted by molar-refractivity contribution is -0.385. The van der Waals surface area contributed by atoms with Crippen LogP contribution in [0.1, 0.15) is 53.6 Å². The molecule has 0 aromatic heterocycles. The minimum absolute atomic E-state index is 0.190. The molecule has 1 atom stereocenters. The van der Waals surface area contributed by atoms with Gasteiger partial charge in [-0.3, -0.25) is 10.1 Å². The van der Waals surface area contributed by atoms with E-state index in [1.807, 2.05) is 12.1 Å². The van der Waals surface area contributed by atoms with Gasteiger partial charge in [0.2, 0.25) is 0 Å². The fraction of sp³-hybridized carbons (Fsp3) is 0.400. The Balaban J connectivity index is 1.68. The van der Waals surface area contributed by atoms with Crippen molar-refractivity contribution in [3.8, 4) is 0 Å². The number of nitro groups is 1. The van der Waals surface area contributed by atoms with Crippen LogP contribution in [0.2, 0.25) is 0 Å². The second-order valence-electron chi connectivity index (χ2n) is 6.72. The van der Waals surface area contributed by atoms with Gasteiger partial charge in [-0.25, -0.2) is 0 Å². The molecule has 24 heavy (non-hydrogen) atoms. The normalized spacial score (nSPS) is 14.9. The predicted octanol–water partition coefficient (Wildman–Crippen LogP) is 4.63. The highest BCUT2D eigenvalue weighted by molar-refractivity contribution is 5.42. The molecule has 0 bridgehead atoms. The standard InChI is InChI=1S/C20H24N2O2/c1-14-7-8-16(11-20(14)22(23)24)13-21-15(2)18-10-9-17-5-3-4-6-19(17)12-18/h7-12,15,21H,3-6,13H2,1-2H3/t15-/m0/s1. The van der Waals surface area contributed by atoms with Gasteiger partial charge in [0.15, 0.2) is 0 Å². The van der Waals surface area contributed by atoms with Gasteiger partial charge >= 0.3 is 0 Å². The van der Waals surface area contributed by atoms with E-state index in [2.05, 4.69) is 30.4 Å². The van der Waals surface area contributed by atoms with Gasteiger partial charge in [0.25, 0.3) is 5.69 Å². The van der Waals surface area contributed by atoms with Crippen molar-refractivity contribution in [3.05, 3.63) is 74.3 Å². The molecular weight excluding hydrogens is 300 g/mol. The highest BCUT2D eigenvalue weighted by Crippen LogP contribution is 2.25. The van der Waals surface area contributed by atoms with E-state index in [4.69, 9.17) is 0 Å². The summed E-state index contributed by atoms with van der Waals surface area (Å²) in [7, 11) is 0. The SMILES string of the molecule is Cc1ccc(CN[C@@H](C)c2ccc3c(c2)CCCC3)cc1[N+](=O)[O-]. The van der Waals surface area contributed by atoms with Gasteiger partial charge in [0.05, 0.1) is 4.92 Å². The van der Waals surface area contributed by atoms with Gasteiger partial charge in [-0.2, -0.15) is 0 Å². The van der Waals surface area contributed by atoms with Crippen LogP contribution in [0.5, 0.6) is 0 Å². The van der Waals surface area contributed by atoms with Gasteiger partial charge in [0, 0.05) is 24.2 Å². The monoisotopic (exact) mass is 324 g/mol. The van der Waals surface area contributed by atoms with Crippen LogP contribution in [-0.2, 0) is 19.4 Å². The third kappa shape index (κ3) is 3.65. The van der Waals surface area contributed by atoms with Gasteiger partial charge in [-0.15, -0.1) is 0 Å². The largest absolute Gasteiger partial charge is 0.306 e. The summed E-state index contributed by atoms with van der Waals surface area (Å²) in [6.45, 7) is 4.54. The first-order valence-electron chi connectivity index (χ1n) is 8.63. The summed E-state index contributed by atoms with van der Waals surface area (Å²) in [6, 6.07) is 12.5. The van der Waals surface area contributed by atoms with Gasteiger partial charge in [0.1, 0.15) is 0 Å². The van der Waals surface area contributed by atoms with Crippen LogP contribution in [0.15, 0.2) is 36.4 Å². The molecule has 0 unspecified atom stereocenters. The molecule has 3 rings (SSSR count). The van der Waals surface area contributed by atoms with Crippen molar-refractivity contribution in [2.75, 3.05) is 0 Å². The van der Waals surface area contributed by atoms with Crippen LogP contribution in [0, 0.1) is 17.0 Å². The van der Waals surface area contributed by atoms with Gasteiger partial charge in [-0.05, 0) is 61.8 Å². The van der Waals surface area contributed by atoms with Gasteiger partial charge in [-0.1, -0.05) is 30.3 Å². The topological polar surface area (TPSA) is 55.2 Å². The van der Waals surface area contributed by atoms with Crippen molar-refractivity contribution < 1.29 is 4.92 Å². The molecule has 1 aliphatic rings. The molecule has 0 spiro atoms. The molecule has 4 nitrogen and oxygen atoms in total. The molecule has 0 fully saturated rings. The number of rotatable bonds is 5. The molecule has 0 heterocycles. The van der Waals surface area contributed by atoms with E-state index in [1.165, 1.54) is 42.4 Å². The van der Waals surface area contributed by atoms with E-state index in [0.29, 0.717) is 12.1 Å². The number of hydrogen-bond acceptors (Lipinski definition) is 3. The zero-order valence-corrected chi connectivity index (χ0v) is 14.3. The van der Waals surface area contributed by atoms with Crippen LogP contribution in [0.25, 0.3) is 0 Å². The number of hydrogen-bond donors (Lipinski definition) is 1. The fourth-order valence-corrected chi connectivity index (χ4v) is 3.37. The lowest BCUT2D eigenvalue weighted by atomic mass is 9.89. The van der Waals surface area contributed by atoms with Crippen molar-refractivity contribution in [2.45, 2.75) is 52.1 Å². The molecule has 126 valence electrons. The van der Waals surface area contributed by atoms with Crippen molar-refractivity contribution in [3.63, 3.8) is 0 Å². The van der Waals surface area contributed by atoms with E-state index >= 15 is 0 Å². The molecule has 0 aliphatic heterocycles. The Bertz CT molecular complexity index is 755. The average Bonchev–Trinajstić information content (AvgIpc) is 2.60. The first kappa shape index (κ1) is 16.7. The minimum Gasteiger partial charge on any atom is -0.306 e. The lowest BCUT2D eigenvalue weighted by Crippen LogP contribution is -2.19. The van der Waals surface area contributed by atoms with Crippen LogP contribution in [0.4, 0.5) is 5.69 Å². The molecule has 2 aromatic carbocycles. The smallest absolute Gasteiger partial charge is 0.272 e. The average molecular weight is 324 g/mol. The van der Waals surface area contributed by atoms with Crippen LogP contribution in [-0.4, -0.2) is 4.92 Å². The van der Waals surface area contributed by atoms with E-state index < -0.39 is 0 Å². The maximum Gasteiger partial charge on any atom is 0.272 e. The maximum absolute atomic E-state index is 11.1. The first-order chi connectivity index (χ1) is 11.5. The maximum atomic E-state index is 11.1. The Labute approximate surface area is 143 Å². The van der Waals surface area contributed by atoms with E-state index in [-0.39, 0.29) is 16.7 Å². The van der Waals surface area contributed by atoms with E-state index in [9.17, 15) is 10.1 Å². The summed E-state index contributed by atoms with van der Waals surface area (Å²) < 4.78 is 0. The zero-order valence-electron chi connectivity index (χ0n) is 14.3. The Kier molecular flexibility index (Phi) is 4.95. The van der Waals surface area contributed by atoms with Gasteiger partial charge < -0.3 is 5.32 Å². The molecule has 0 radical (unpaired) electrons. The Morgan fingerprint density at radius 3 is 2.62 bits per heavy atom. The molecule has 4 heteroatoms. The van der Waals surface area contributed by atoms with Crippen molar-refractivity contribution in [1.82, 2.24) is 5.32 Å². The molecule has 0 amide bonds. The molecule has 1 aliphatic carbocycles. The number of aryl methyl sites for hydroxylation is 3. The fourth-order valence-electron chi connectivity index (χ4n) is 3.37. The molecule has 0 saturated carbocycles. The Morgan fingerprint density at radius 2 is 1.88 bits per heavy atom. The van der Waals surface area contributed by atoms with E-state index in [1.54, 1.807) is 13.0 Å². The minimum atomic E-state index is -0.314. The molecule has 0 saturated heterocycles. The first-order valence-corrected chi connectivity index (χ1v) is 8.63. The summed E-state index contributed by atoms with van der Waals surface area (Å²) in [5.41, 5.74) is 6.10. The number of nitrogens with zero attached hydrogens (tertiary/aromatic N) is 1. The van der Waals surface area contributed by atoms with Crippen molar-refractivity contribution in [1.29, 1.82) is 0 Å². The number of fused-ring (bicyclic) bond motifs is 1. The number of nitro benzene ring substituents is 1. The van der Waals surface area contributed by atoms with Crippen LogP contribution < -0.4 is 5.32 Å². The van der Waals surface area contributed by atoms with E-state index in [0.717, 1.165) is 5.56 Å². The van der Waals surface area contributed by atoms with Crippen molar-refractivity contribution in [2.24, 2.45) is 0 Å². The zero-order chi connectivity index (χ0) is 17.1.